The minimum atomic E-state index is -0.877. The first kappa shape index (κ1) is 23.1. The number of carboxylic acids is 1. The highest BCUT2D eigenvalue weighted by Gasteiger charge is 2.26. The SMILES string of the molecule is Cc1ccc(N2CC(CCNC(C)c3cccc4ccccc34)Cc3ccccc32)cc1C(=O)O. The number of aryl methyl sites for hydroxylation is 1. The predicted octanol–water partition coefficient (Wildman–Crippen LogP) is 6.90. The quantitative estimate of drug-likeness (QED) is 0.312. The van der Waals surface area contributed by atoms with Crippen LogP contribution in [0, 0.1) is 12.8 Å². The standard InChI is InChI=1S/C31H32N2O2/c1-21-14-15-26(19-29(21)31(34)35)33-20-23(18-25-9-4-6-13-30(25)33)16-17-32-22(2)27-12-7-10-24-8-3-5-11-28(24)27/h3-15,19,22-23,32H,16-18,20H2,1-2H3,(H,34,35). The maximum Gasteiger partial charge on any atom is 0.336 e. The van der Waals surface area contributed by atoms with Crippen molar-refractivity contribution in [3.63, 3.8) is 0 Å². The number of hydrogen-bond donors (Lipinski definition) is 2. The van der Waals surface area contributed by atoms with Gasteiger partial charge in [0.1, 0.15) is 0 Å². The third kappa shape index (κ3) is 4.80. The number of carboxylic acid groups (broad SMARTS) is 1. The molecule has 0 aliphatic carbocycles. The number of nitrogens with zero attached hydrogens (tertiary/aromatic N) is 1. The molecule has 1 aliphatic rings. The number of fused-ring (bicyclic) bond motifs is 2. The second kappa shape index (κ2) is 9.93. The van der Waals surface area contributed by atoms with Gasteiger partial charge in [0, 0.05) is 24.0 Å². The third-order valence-corrected chi connectivity index (χ3v) is 7.29. The zero-order valence-corrected chi connectivity index (χ0v) is 20.4. The lowest BCUT2D eigenvalue weighted by Crippen LogP contribution is -2.34. The van der Waals surface area contributed by atoms with Gasteiger partial charge in [-0.15, -0.1) is 0 Å². The van der Waals surface area contributed by atoms with E-state index in [-0.39, 0.29) is 6.04 Å². The molecule has 4 aromatic rings. The molecule has 0 saturated heterocycles. The Balaban J connectivity index is 1.31. The highest BCUT2D eigenvalue weighted by atomic mass is 16.4. The summed E-state index contributed by atoms with van der Waals surface area (Å²) in [6.45, 7) is 5.90. The number of benzene rings is 4. The fourth-order valence-corrected chi connectivity index (χ4v) is 5.37. The zero-order valence-electron chi connectivity index (χ0n) is 20.4. The van der Waals surface area contributed by atoms with Gasteiger partial charge in [0.05, 0.1) is 5.56 Å². The Labute approximate surface area is 207 Å². The van der Waals surface area contributed by atoms with Crippen molar-refractivity contribution in [2.45, 2.75) is 32.7 Å². The van der Waals surface area contributed by atoms with Gasteiger partial charge in [0.2, 0.25) is 0 Å². The van der Waals surface area contributed by atoms with E-state index in [2.05, 4.69) is 83.9 Å². The fraction of sp³-hybridized carbons (Fsp3) is 0.258. The van der Waals surface area contributed by atoms with Crippen LogP contribution in [0.2, 0.25) is 0 Å². The van der Waals surface area contributed by atoms with Gasteiger partial charge in [-0.25, -0.2) is 4.79 Å². The smallest absolute Gasteiger partial charge is 0.336 e. The summed E-state index contributed by atoms with van der Waals surface area (Å²) in [4.78, 5) is 14.0. The average Bonchev–Trinajstić information content (AvgIpc) is 2.88. The van der Waals surface area contributed by atoms with Crippen LogP contribution in [0.25, 0.3) is 10.8 Å². The minimum Gasteiger partial charge on any atom is -0.478 e. The van der Waals surface area contributed by atoms with Crippen LogP contribution in [0.3, 0.4) is 0 Å². The summed E-state index contributed by atoms with van der Waals surface area (Å²) in [6, 6.07) is 29.6. The molecule has 35 heavy (non-hydrogen) atoms. The van der Waals surface area contributed by atoms with E-state index in [1.54, 1.807) is 0 Å². The third-order valence-electron chi connectivity index (χ3n) is 7.29. The fourth-order valence-electron chi connectivity index (χ4n) is 5.37. The molecule has 4 nitrogen and oxygen atoms in total. The van der Waals surface area contributed by atoms with Gasteiger partial charge in [0.25, 0.3) is 0 Å². The number of anilines is 2. The summed E-state index contributed by atoms with van der Waals surface area (Å²) in [5.41, 5.74) is 5.94. The van der Waals surface area contributed by atoms with Crippen molar-refractivity contribution >= 4 is 28.1 Å². The number of carbonyl (C=O) groups is 1. The van der Waals surface area contributed by atoms with E-state index >= 15 is 0 Å². The molecule has 5 rings (SSSR count). The summed E-state index contributed by atoms with van der Waals surface area (Å²) in [5, 5.41) is 16.0. The molecule has 0 spiro atoms. The zero-order chi connectivity index (χ0) is 24.4. The van der Waals surface area contributed by atoms with Crippen molar-refractivity contribution in [1.82, 2.24) is 5.32 Å². The first-order chi connectivity index (χ1) is 17.0. The van der Waals surface area contributed by atoms with E-state index in [9.17, 15) is 9.90 Å². The average molecular weight is 465 g/mol. The Kier molecular flexibility index (Phi) is 6.56. The first-order valence-electron chi connectivity index (χ1n) is 12.4. The van der Waals surface area contributed by atoms with Gasteiger partial charge in [-0.05, 0) is 84.8 Å². The second-order valence-corrected chi connectivity index (χ2v) is 9.65. The van der Waals surface area contributed by atoms with Crippen LogP contribution >= 0.6 is 0 Å². The van der Waals surface area contributed by atoms with E-state index in [1.165, 1.54) is 27.6 Å². The summed E-state index contributed by atoms with van der Waals surface area (Å²) < 4.78 is 0. The highest BCUT2D eigenvalue weighted by molar-refractivity contribution is 5.91. The first-order valence-corrected chi connectivity index (χ1v) is 12.4. The van der Waals surface area contributed by atoms with Gasteiger partial charge in [-0.1, -0.05) is 66.7 Å². The Hall–Kier alpha value is -3.63. The molecule has 4 heteroatoms. The van der Waals surface area contributed by atoms with Crippen LogP contribution in [0.15, 0.2) is 84.9 Å². The Morgan fingerprint density at radius 1 is 1.03 bits per heavy atom. The van der Waals surface area contributed by atoms with Crippen LogP contribution in [-0.2, 0) is 6.42 Å². The monoisotopic (exact) mass is 464 g/mol. The second-order valence-electron chi connectivity index (χ2n) is 9.65. The molecule has 0 bridgehead atoms. The Bertz CT molecular complexity index is 1360. The number of para-hydroxylation sites is 1. The molecule has 1 aliphatic heterocycles. The molecule has 2 atom stereocenters. The molecule has 178 valence electrons. The van der Waals surface area contributed by atoms with Crippen molar-refractivity contribution in [1.29, 1.82) is 0 Å². The predicted molar refractivity (Wildman–Crippen MR) is 144 cm³/mol. The molecule has 2 unspecified atom stereocenters. The van der Waals surface area contributed by atoms with Crippen molar-refractivity contribution in [3.8, 4) is 0 Å². The Morgan fingerprint density at radius 3 is 2.66 bits per heavy atom. The van der Waals surface area contributed by atoms with Crippen LogP contribution < -0.4 is 10.2 Å². The lowest BCUT2D eigenvalue weighted by atomic mass is 9.89. The Morgan fingerprint density at radius 2 is 1.80 bits per heavy atom. The molecular weight excluding hydrogens is 432 g/mol. The largest absolute Gasteiger partial charge is 0.478 e. The van der Waals surface area contributed by atoms with Crippen LogP contribution in [0.1, 0.15) is 46.4 Å². The van der Waals surface area contributed by atoms with Crippen LogP contribution in [0.4, 0.5) is 11.4 Å². The molecule has 0 amide bonds. The van der Waals surface area contributed by atoms with E-state index in [4.69, 9.17) is 0 Å². The summed E-state index contributed by atoms with van der Waals surface area (Å²) >= 11 is 0. The molecule has 2 N–H and O–H groups in total. The number of nitrogens with one attached hydrogen (secondary N) is 1. The lowest BCUT2D eigenvalue weighted by Gasteiger charge is -2.36. The number of hydrogen-bond acceptors (Lipinski definition) is 3. The summed E-state index contributed by atoms with van der Waals surface area (Å²) in [7, 11) is 0. The molecular formula is C31H32N2O2. The van der Waals surface area contributed by atoms with Gasteiger partial charge >= 0.3 is 5.97 Å². The van der Waals surface area contributed by atoms with Gasteiger partial charge in [-0.3, -0.25) is 0 Å². The van der Waals surface area contributed by atoms with Crippen molar-refractivity contribution < 1.29 is 9.90 Å². The minimum absolute atomic E-state index is 0.267. The number of aromatic carboxylic acids is 1. The summed E-state index contributed by atoms with van der Waals surface area (Å²) in [5.74, 6) is -0.399. The van der Waals surface area contributed by atoms with E-state index < -0.39 is 5.97 Å². The van der Waals surface area contributed by atoms with Crippen molar-refractivity contribution in [3.05, 3.63) is 107 Å². The van der Waals surface area contributed by atoms with E-state index in [0.717, 1.165) is 37.2 Å². The van der Waals surface area contributed by atoms with Crippen LogP contribution in [0.5, 0.6) is 0 Å². The molecule has 0 radical (unpaired) electrons. The van der Waals surface area contributed by atoms with Gasteiger partial charge in [0.15, 0.2) is 0 Å². The highest BCUT2D eigenvalue weighted by Crippen LogP contribution is 2.37. The van der Waals surface area contributed by atoms with E-state index in [0.29, 0.717) is 11.5 Å². The van der Waals surface area contributed by atoms with E-state index in [1.807, 2.05) is 25.1 Å². The lowest BCUT2D eigenvalue weighted by molar-refractivity contribution is 0.0696. The van der Waals surface area contributed by atoms with Crippen LogP contribution in [-0.4, -0.2) is 24.2 Å². The van der Waals surface area contributed by atoms with Crippen molar-refractivity contribution in [2.75, 3.05) is 18.0 Å². The molecule has 0 saturated carbocycles. The van der Waals surface area contributed by atoms with Gasteiger partial charge < -0.3 is 15.3 Å². The topological polar surface area (TPSA) is 52.6 Å². The van der Waals surface area contributed by atoms with Crippen molar-refractivity contribution in [2.24, 2.45) is 5.92 Å². The maximum atomic E-state index is 11.7. The van der Waals surface area contributed by atoms with Gasteiger partial charge in [-0.2, -0.15) is 0 Å². The number of rotatable bonds is 7. The molecule has 4 aromatic carbocycles. The maximum absolute atomic E-state index is 11.7. The normalized spacial score (nSPS) is 16.2. The molecule has 0 aromatic heterocycles. The molecule has 1 heterocycles. The summed E-state index contributed by atoms with van der Waals surface area (Å²) in [6.07, 6.45) is 2.09. The molecule has 0 fully saturated rings.